The Labute approximate surface area is 140 Å². The predicted molar refractivity (Wildman–Crippen MR) is 93.0 cm³/mol. The fourth-order valence-electron chi connectivity index (χ4n) is 2.76. The Morgan fingerprint density at radius 3 is 2.17 bits per heavy atom. The molecule has 120 valence electrons. The lowest BCUT2D eigenvalue weighted by molar-refractivity contribution is 0.296. The molecule has 1 heterocycles. The summed E-state index contributed by atoms with van der Waals surface area (Å²) in [5, 5.41) is 9.14. The number of rotatable bonds is 6. The molecule has 1 N–H and O–H groups in total. The number of hydrogen-bond acceptors (Lipinski definition) is 2. The lowest BCUT2D eigenvalue weighted by atomic mass is 10.3. The minimum atomic E-state index is 0.512. The van der Waals surface area contributed by atoms with Crippen molar-refractivity contribution in [2.24, 2.45) is 0 Å². The molecule has 23 heavy (non-hydrogen) atoms. The normalized spacial score (nSPS) is 11.0. The number of benzene rings is 2. The van der Waals surface area contributed by atoms with E-state index in [0.717, 1.165) is 29.7 Å². The highest BCUT2D eigenvalue weighted by atomic mass is 35.5. The molecule has 3 aromatic rings. The molecular weight excluding hydrogens is 310 g/mol. The van der Waals surface area contributed by atoms with Gasteiger partial charge in [0.25, 0.3) is 0 Å². The number of para-hydroxylation sites is 2. The summed E-state index contributed by atoms with van der Waals surface area (Å²) in [5.74, 6) is 0.791. The third-order valence-corrected chi connectivity index (χ3v) is 4.07. The summed E-state index contributed by atoms with van der Waals surface area (Å²) in [7, 11) is 0. The second-order valence-electron chi connectivity index (χ2n) is 5.42. The summed E-state index contributed by atoms with van der Waals surface area (Å²) in [6.45, 7) is 4.13. The first kappa shape index (κ1) is 15.7. The highest BCUT2D eigenvalue weighted by Crippen LogP contribution is 2.16. The van der Waals surface area contributed by atoms with Crippen molar-refractivity contribution in [2.75, 3.05) is 6.61 Å². The fraction of sp³-hybridized carbons (Fsp3) is 0.278. The van der Waals surface area contributed by atoms with E-state index in [2.05, 4.69) is 23.6 Å². The van der Waals surface area contributed by atoms with Crippen molar-refractivity contribution in [2.45, 2.75) is 26.4 Å². The van der Waals surface area contributed by atoms with Gasteiger partial charge in [0.15, 0.2) is 0 Å². The molecule has 0 atom stereocenters. The second kappa shape index (κ2) is 6.92. The van der Waals surface area contributed by atoms with E-state index in [0.29, 0.717) is 23.8 Å². The van der Waals surface area contributed by atoms with Crippen LogP contribution >= 0.6 is 11.6 Å². The molecule has 0 radical (unpaired) electrons. The number of hydrogen-bond donors (Lipinski definition) is 1. The maximum atomic E-state index is 8.44. The third kappa shape index (κ3) is 3.27. The van der Waals surface area contributed by atoms with E-state index in [1.54, 1.807) is 0 Å². The molecule has 3 rings (SSSR count). The van der Waals surface area contributed by atoms with Gasteiger partial charge in [-0.05, 0) is 42.8 Å². The number of aromatic nitrogens is 2. The predicted octanol–water partition coefficient (Wildman–Crippen LogP) is 4.06. The molecule has 5 heteroatoms. The van der Waals surface area contributed by atoms with Gasteiger partial charge in [0.1, 0.15) is 12.4 Å². The monoisotopic (exact) mass is 329 g/mol. The first-order valence-corrected chi connectivity index (χ1v) is 8.19. The fourth-order valence-corrected chi connectivity index (χ4v) is 2.88. The van der Waals surface area contributed by atoms with Gasteiger partial charge >= 0.3 is 0 Å². The minimum absolute atomic E-state index is 0.512. The Bertz CT molecular complexity index is 849. The maximum Gasteiger partial charge on any atom is 0.203 e. The van der Waals surface area contributed by atoms with Gasteiger partial charge in [0.05, 0.1) is 17.6 Å². The van der Waals surface area contributed by atoms with Gasteiger partial charge in [-0.25, -0.2) is 0 Å². The summed E-state index contributed by atoms with van der Waals surface area (Å²) in [4.78, 5) is 0. The van der Waals surface area contributed by atoms with E-state index >= 15 is 0 Å². The average Bonchev–Trinajstić information content (AvgIpc) is 2.83. The van der Waals surface area contributed by atoms with Crippen molar-refractivity contribution >= 4 is 22.6 Å². The van der Waals surface area contributed by atoms with Gasteiger partial charge in [0.2, 0.25) is 5.62 Å². The molecule has 0 spiro atoms. The summed E-state index contributed by atoms with van der Waals surface area (Å²) in [6.07, 6.45) is 1.01. The number of ether oxygens (including phenoxy) is 1. The highest BCUT2D eigenvalue weighted by Gasteiger charge is 2.09. The second-order valence-corrected chi connectivity index (χ2v) is 5.85. The van der Waals surface area contributed by atoms with Crippen molar-refractivity contribution in [1.82, 2.24) is 9.13 Å². The topological polar surface area (TPSA) is 42.9 Å². The SMILES string of the molecule is CCCn1c(=N)n(CCOc2ccc(Cl)cc2)c2ccccc21. The number of nitrogens with one attached hydrogen (secondary N) is 1. The van der Waals surface area contributed by atoms with Crippen LogP contribution in [0.15, 0.2) is 48.5 Å². The van der Waals surface area contributed by atoms with Crippen LogP contribution in [0.5, 0.6) is 5.75 Å². The van der Waals surface area contributed by atoms with Crippen LogP contribution in [-0.2, 0) is 13.1 Å². The van der Waals surface area contributed by atoms with E-state index < -0.39 is 0 Å². The zero-order valence-corrected chi connectivity index (χ0v) is 13.9. The van der Waals surface area contributed by atoms with Crippen molar-refractivity contribution in [3.8, 4) is 5.75 Å². The standard InChI is InChI=1S/C18H20ClN3O/c1-2-11-21-16-5-3-4-6-17(16)22(18(21)20)12-13-23-15-9-7-14(19)8-10-15/h3-10,20H,2,11-13H2,1H3. The van der Waals surface area contributed by atoms with Crippen LogP contribution in [0.3, 0.4) is 0 Å². The number of fused-ring (bicyclic) bond motifs is 1. The van der Waals surface area contributed by atoms with Gasteiger partial charge in [-0.15, -0.1) is 0 Å². The van der Waals surface area contributed by atoms with E-state index in [1.807, 2.05) is 41.0 Å². The number of aryl methyl sites for hydroxylation is 1. The summed E-state index contributed by atoms with van der Waals surface area (Å²) >= 11 is 5.87. The maximum absolute atomic E-state index is 8.44. The molecule has 0 saturated heterocycles. The molecule has 1 aromatic heterocycles. The first-order chi connectivity index (χ1) is 11.2. The summed E-state index contributed by atoms with van der Waals surface area (Å²) < 4.78 is 9.82. The molecule has 0 bridgehead atoms. The molecule has 0 aliphatic rings. The molecule has 0 amide bonds. The van der Waals surface area contributed by atoms with Gasteiger partial charge in [-0.1, -0.05) is 30.7 Å². The Hall–Kier alpha value is -2.20. The van der Waals surface area contributed by atoms with Gasteiger partial charge in [0, 0.05) is 11.6 Å². The Balaban J connectivity index is 1.81. The van der Waals surface area contributed by atoms with Crippen LogP contribution in [0.4, 0.5) is 0 Å². The Kier molecular flexibility index (Phi) is 4.72. The molecule has 2 aromatic carbocycles. The van der Waals surface area contributed by atoms with Crippen LogP contribution < -0.4 is 10.4 Å². The molecular formula is C18H20ClN3O. The number of nitrogens with zero attached hydrogens (tertiary/aromatic N) is 2. The quantitative estimate of drug-likeness (QED) is 0.728. The van der Waals surface area contributed by atoms with Crippen LogP contribution in [0.1, 0.15) is 13.3 Å². The first-order valence-electron chi connectivity index (χ1n) is 7.81. The smallest absolute Gasteiger partial charge is 0.203 e. The number of halogens is 1. The minimum Gasteiger partial charge on any atom is -0.492 e. The summed E-state index contributed by atoms with van der Waals surface area (Å²) in [6, 6.07) is 15.5. The Morgan fingerprint density at radius 2 is 1.57 bits per heavy atom. The molecule has 0 fully saturated rings. The van der Waals surface area contributed by atoms with Gasteiger partial charge in [-0.3, -0.25) is 5.41 Å². The molecule has 0 aliphatic carbocycles. The zero-order valence-electron chi connectivity index (χ0n) is 13.1. The van der Waals surface area contributed by atoms with Crippen molar-refractivity contribution in [1.29, 1.82) is 5.41 Å². The summed E-state index contributed by atoms with van der Waals surface area (Å²) in [5.41, 5.74) is 2.70. The Morgan fingerprint density at radius 1 is 0.957 bits per heavy atom. The number of imidazole rings is 1. The molecule has 0 saturated carbocycles. The van der Waals surface area contributed by atoms with Crippen LogP contribution in [0.2, 0.25) is 5.02 Å². The molecule has 0 aliphatic heterocycles. The zero-order chi connectivity index (χ0) is 16.2. The van der Waals surface area contributed by atoms with Crippen LogP contribution in [0.25, 0.3) is 11.0 Å². The van der Waals surface area contributed by atoms with Crippen molar-refractivity contribution in [3.05, 3.63) is 59.2 Å². The van der Waals surface area contributed by atoms with Crippen molar-refractivity contribution in [3.63, 3.8) is 0 Å². The van der Waals surface area contributed by atoms with E-state index in [9.17, 15) is 0 Å². The van der Waals surface area contributed by atoms with E-state index in [1.165, 1.54) is 0 Å². The molecule has 0 unspecified atom stereocenters. The largest absolute Gasteiger partial charge is 0.492 e. The lowest BCUT2D eigenvalue weighted by Gasteiger charge is -2.08. The third-order valence-electron chi connectivity index (χ3n) is 3.82. The molecule has 4 nitrogen and oxygen atoms in total. The van der Waals surface area contributed by atoms with Crippen LogP contribution in [0, 0.1) is 5.41 Å². The van der Waals surface area contributed by atoms with E-state index in [-0.39, 0.29) is 0 Å². The van der Waals surface area contributed by atoms with Gasteiger partial charge < -0.3 is 13.9 Å². The highest BCUT2D eigenvalue weighted by molar-refractivity contribution is 6.30. The van der Waals surface area contributed by atoms with Gasteiger partial charge in [-0.2, -0.15) is 0 Å². The lowest BCUT2D eigenvalue weighted by Crippen LogP contribution is -2.26. The van der Waals surface area contributed by atoms with Crippen molar-refractivity contribution < 1.29 is 4.74 Å². The average molecular weight is 330 g/mol. The van der Waals surface area contributed by atoms with E-state index in [4.69, 9.17) is 21.7 Å². The van der Waals surface area contributed by atoms with Crippen LogP contribution in [-0.4, -0.2) is 15.7 Å².